The monoisotopic (exact) mass is 179 g/mol. The highest BCUT2D eigenvalue weighted by Crippen LogP contribution is 2.20. The second-order valence-electron chi connectivity index (χ2n) is 2.58. The van der Waals surface area contributed by atoms with Gasteiger partial charge in [-0.15, -0.1) is 0 Å². The van der Waals surface area contributed by atoms with Gasteiger partial charge in [-0.25, -0.2) is 4.39 Å². The molecule has 0 saturated carbocycles. The maximum absolute atomic E-state index is 13.0. The number of nitrogens with zero attached hydrogens (tertiary/aromatic N) is 1. The molecular weight excluding hydrogens is 173 g/mol. The van der Waals surface area contributed by atoms with E-state index >= 15 is 0 Å². The van der Waals surface area contributed by atoms with Gasteiger partial charge in [0.15, 0.2) is 5.82 Å². The number of benzene rings is 1. The zero-order valence-electron chi connectivity index (χ0n) is 6.57. The van der Waals surface area contributed by atoms with Crippen LogP contribution in [0.1, 0.15) is 5.56 Å². The Kier molecular flexibility index (Phi) is 1.73. The molecule has 3 nitrogen and oxygen atoms in total. The average molecular weight is 179 g/mol. The lowest BCUT2D eigenvalue weighted by atomic mass is 10.2. The van der Waals surface area contributed by atoms with Gasteiger partial charge in [0.1, 0.15) is 11.8 Å². The number of hydrogen-bond acceptors (Lipinski definition) is 3. The van der Waals surface area contributed by atoms with Crippen molar-refractivity contribution in [3.63, 3.8) is 0 Å². The Morgan fingerprint density at radius 1 is 1.46 bits per heavy atom. The van der Waals surface area contributed by atoms with Crippen molar-refractivity contribution in [2.75, 3.05) is 0 Å². The van der Waals surface area contributed by atoms with E-state index in [1.54, 1.807) is 18.2 Å². The van der Waals surface area contributed by atoms with Crippen molar-refractivity contribution < 1.29 is 14.0 Å². The van der Waals surface area contributed by atoms with Crippen molar-refractivity contribution in [1.82, 2.24) is 0 Å². The minimum atomic E-state index is -0.414. The molecule has 0 amide bonds. The van der Waals surface area contributed by atoms with Crippen LogP contribution in [0.4, 0.5) is 4.39 Å². The number of fused-ring (bicyclic) bond motifs is 1. The summed E-state index contributed by atoms with van der Waals surface area (Å²) in [5.41, 5.74) is 1.10. The molecule has 0 saturated heterocycles. The van der Waals surface area contributed by atoms with Gasteiger partial charge in [0.05, 0.1) is 11.6 Å². The van der Waals surface area contributed by atoms with E-state index in [0.29, 0.717) is 16.5 Å². The van der Waals surface area contributed by atoms with Crippen LogP contribution in [0.3, 0.4) is 0 Å². The number of rotatable bonds is 1. The maximum atomic E-state index is 13.0. The number of hydrogen-bond donors (Lipinski definition) is 1. The summed E-state index contributed by atoms with van der Waals surface area (Å²) in [5.74, 6) is -0.414. The van der Waals surface area contributed by atoms with E-state index in [-0.39, 0.29) is 0 Å². The first-order chi connectivity index (χ1) is 6.31. The largest absolute Gasteiger partial charge is 0.461 e. The van der Waals surface area contributed by atoms with Crippen molar-refractivity contribution >= 4 is 17.2 Å². The number of furan rings is 1. The van der Waals surface area contributed by atoms with Gasteiger partial charge < -0.3 is 9.62 Å². The molecule has 1 aromatic carbocycles. The molecular formula is C9H6FNO2. The molecule has 0 fully saturated rings. The molecule has 0 aliphatic rings. The Morgan fingerprint density at radius 3 is 3.08 bits per heavy atom. The van der Waals surface area contributed by atoms with Crippen LogP contribution >= 0.6 is 0 Å². The van der Waals surface area contributed by atoms with E-state index in [4.69, 9.17) is 9.62 Å². The lowest BCUT2D eigenvalue weighted by Gasteiger charge is -1.91. The second-order valence-corrected chi connectivity index (χ2v) is 2.58. The van der Waals surface area contributed by atoms with Gasteiger partial charge in [-0.05, 0) is 23.8 Å². The van der Waals surface area contributed by atoms with Gasteiger partial charge in [0.2, 0.25) is 0 Å². The van der Waals surface area contributed by atoms with Crippen LogP contribution in [0.25, 0.3) is 11.0 Å². The molecule has 0 unspecified atom stereocenters. The third-order valence-corrected chi connectivity index (χ3v) is 1.76. The highest BCUT2D eigenvalue weighted by molar-refractivity contribution is 5.88. The Hall–Kier alpha value is -1.84. The fourth-order valence-electron chi connectivity index (χ4n) is 1.16. The van der Waals surface area contributed by atoms with Crippen molar-refractivity contribution in [3.8, 4) is 0 Å². The summed E-state index contributed by atoms with van der Waals surface area (Å²) >= 11 is 0. The summed E-state index contributed by atoms with van der Waals surface area (Å²) in [6.45, 7) is 0. The van der Waals surface area contributed by atoms with Gasteiger partial charge in [0.25, 0.3) is 0 Å². The predicted octanol–water partition coefficient (Wildman–Crippen LogP) is 2.38. The molecule has 4 heteroatoms. The molecule has 1 aromatic heterocycles. The van der Waals surface area contributed by atoms with Crippen LogP contribution < -0.4 is 0 Å². The lowest BCUT2D eigenvalue weighted by Crippen LogP contribution is -1.80. The van der Waals surface area contributed by atoms with E-state index in [0.717, 1.165) is 6.26 Å². The first-order valence-corrected chi connectivity index (χ1v) is 3.65. The first-order valence-electron chi connectivity index (χ1n) is 3.65. The summed E-state index contributed by atoms with van der Waals surface area (Å²) in [4.78, 5) is 0. The van der Waals surface area contributed by atoms with Crippen LogP contribution in [0.2, 0.25) is 0 Å². The van der Waals surface area contributed by atoms with Gasteiger partial charge in [0, 0.05) is 0 Å². The Balaban J connectivity index is 2.65. The summed E-state index contributed by atoms with van der Waals surface area (Å²) in [6, 6.07) is 4.84. The molecule has 0 atom stereocenters. The van der Waals surface area contributed by atoms with Gasteiger partial charge in [-0.2, -0.15) is 0 Å². The SMILES string of the molecule is O/N=C/c1ccc2occ(F)c2c1. The van der Waals surface area contributed by atoms with Crippen LogP contribution in [0.5, 0.6) is 0 Å². The van der Waals surface area contributed by atoms with Crippen LogP contribution in [0, 0.1) is 5.82 Å². The molecule has 1 heterocycles. The van der Waals surface area contributed by atoms with E-state index < -0.39 is 5.82 Å². The number of halogens is 1. The molecule has 66 valence electrons. The molecule has 0 aliphatic heterocycles. The van der Waals surface area contributed by atoms with E-state index in [2.05, 4.69) is 5.16 Å². The van der Waals surface area contributed by atoms with Crippen molar-refractivity contribution in [1.29, 1.82) is 0 Å². The minimum absolute atomic E-state index is 0.386. The van der Waals surface area contributed by atoms with Crippen molar-refractivity contribution in [2.45, 2.75) is 0 Å². The molecule has 2 rings (SSSR count). The summed E-state index contributed by atoms with van der Waals surface area (Å²) < 4.78 is 17.9. The Bertz CT molecular complexity index is 462. The van der Waals surface area contributed by atoms with Crippen molar-refractivity contribution in [2.24, 2.45) is 5.16 Å². The molecule has 2 aromatic rings. The third-order valence-electron chi connectivity index (χ3n) is 1.76. The standard InChI is InChI=1S/C9H6FNO2/c10-8-5-13-9-2-1-6(4-11-12)3-7(8)9/h1-5,12H/b11-4+. The zero-order chi connectivity index (χ0) is 9.26. The molecule has 0 aliphatic carbocycles. The second kappa shape index (κ2) is 2.90. The summed E-state index contributed by atoms with van der Waals surface area (Å²) in [5, 5.41) is 11.5. The highest BCUT2D eigenvalue weighted by Gasteiger charge is 2.04. The lowest BCUT2D eigenvalue weighted by molar-refractivity contribution is 0.322. The third kappa shape index (κ3) is 1.26. The normalized spacial score (nSPS) is 11.5. The predicted molar refractivity (Wildman–Crippen MR) is 45.6 cm³/mol. The fourth-order valence-corrected chi connectivity index (χ4v) is 1.16. The van der Waals surface area contributed by atoms with E-state index in [1.165, 1.54) is 6.21 Å². The average Bonchev–Trinajstić information content (AvgIpc) is 2.49. The Labute approximate surface area is 73.1 Å². The topological polar surface area (TPSA) is 45.7 Å². The molecule has 1 N–H and O–H groups in total. The van der Waals surface area contributed by atoms with Crippen LogP contribution in [-0.2, 0) is 0 Å². The molecule has 0 bridgehead atoms. The first kappa shape index (κ1) is 7.79. The van der Waals surface area contributed by atoms with Crippen molar-refractivity contribution in [3.05, 3.63) is 35.8 Å². The quantitative estimate of drug-likeness (QED) is 0.415. The summed E-state index contributed by atoms with van der Waals surface area (Å²) in [6.07, 6.45) is 2.27. The minimum Gasteiger partial charge on any atom is -0.461 e. The number of oxime groups is 1. The van der Waals surface area contributed by atoms with Gasteiger partial charge in [-0.3, -0.25) is 0 Å². The van der Waals surface area contributed by atoms with E-state index in [1.807, 2.05) is 0 Å². The molecule has 13 heavy (non-hydrogen) atoms. The van der Waals surface area contributed by atoms with E-state index in [9.17, 15) is 4.39 Å². The molecule has 0 radical (unpaired) electrons. The Morgan fingerprint density at radius 2 is 2.31 bits per heavy atom. The van der Waals surface area contributed by atoms with Crippen LogP contribution in [0.15, 0.2) is 34.0 Å². The van der Waals surface area contributed by atoms with Crippen LogP contribution in [-0.4, -0.2) is 11.4 Å². The smallest absolute Gasteiger partial charge is 0.169 e. The van der Waals surface area contributed by atoms with Gasteiger partial charge >= 0.3 is 0 Å². The zero-order valence-corrected chi connectivity index (χ0v) is 6.57. The summed E-state index contributed by atoms with van der Waals surface area (Å²) in [7, 11) is 0. The fraction of sp³-hybridized carbons (Fsp3) is 0. The maximum Gasteiger partial charge on any atom is 0.169 e. The highest BCUT2D eigenvalue weighted by atomic mass is 19.1. The van der Waals surface area contributed by atoms with Gasteiger partial charge in [-0.1, -0.05) is 5.16 Å². The molecule has 0 spiro atoms.